The average Bonchev–Trinajstić information content (AvgIpc) is 2.60. The normalized spacial score (nSPS) is 9.42. The summed E-state index contributed by atoms with van der Waals surface area (Å²) in [5.74, 6) is 0. The predicted molar refractivity (Wildman–Crippen MR) is 116 cm³/mol. The van der Waals surface area contributed by atoms with E-state index in [4.69, 9.17) is 17.2 Å². The fourth-order valence-electron chi connectivity index (χ4n) is 2.12. The van der Waals surface area contributed by atoms with Gasteiger partial charge in [-0.1, -0.05) is 42.5 Å². The first kappa shape index (κ1) is 21.1. The van der Waals surface area contributed by atoms with E-state index in [0.29, 0.717) is 0 Å². The third kappa shape index (κ3) is 6.89. The van der Waals surface area contributed by atoms with Crippen LogP contribution in [0, 0.1) is 34.6 Å². The van der Waals surface area contributed by atoms with Crippen LogP contribution in [-0.2, 0) is 0 Å². The van der Waals surface area contributed by atoms with Crippen molar-refractivity contribution in [2.24, 2.45) is 0 Å². The van der Waals surface area contributed by atoms with Gasteiger partial charge in [0.2, 0.25) is 0 Å². The van der Waals surface area contributed by atoms with E-state index in [9.17, 15) is 0 Å². The van der Waals surface area contributed by atoms with Crippen molar-refractivity contribution >= 4 is 17.1 Å². The predicted octanol–water partition coefficient (Wildman–Crippen LogP) is 5.35. The minimum atomic E-state index is 0.868. The van der Waals surface area contributed by atoms with Gasteiger partial charge in [-0.3, -0.25) is 0 Å². The van der Waals surface area contributed by atoms with E-state index in [2.05, 4.69) is 19.1 Å². The van der Waals surface area contributed by atoms with Gasteiger partial charge in [0.25, 0.3) is 0 Å². The lowest BCUT2D eigenvalue weighted by atomic mass is 10.1. The summed E-state index contributed by atoms with van der Waals surface area (Å²) in [7, 11) is 0. The molecule has 3 aromatic carbocycles. The van der Waals surface area contributed by atoms with Crippen molar-refractivity contribution in [2.75, 3.05) is 17.2 Å². The summed E-state index contributed by atoms with van der Waals surface area (Å²) in [6.45, 7) is 10.1. The fourth-order valence-corrected chi connectivity index (χ4v) is 2.12. The van der Waals surface area contributed by atoms with Crippen molar-refractivity contribution in [2.45, 2.75) is 34.6 Å². The molecule has 0 spiro atoms. The van der Waals surface area contributed by atoms with E-state index in [1.54, 1.807) is 0 Å². The summed E-state index contributed by atoms with van der Waals surface area (Å²) in [5, 5.41) is 0. The van der Waals surface area contributed by atoms with Gasteiger partial charge >= 0.3 is 0 Å². The van der Waals surface area contributed by atoms with Crippen molar-refractivity contribution in [3.8, 4) is 0 Å². The van der Waals surface area contributed by atoms with Crippen LogP contribution in [0.1, 0.15) is 27.8 Å². The molecule has 138 valence electrons. The third-order valence-corrected chi connectivity index (χ3v) is 4.27. The Bertz CT molecular complexity index is 797. The van der Waals surface area contributed by atoms with Gasteiger partial charge in [-0.25, -0.2) is 0 Å². The molecule has 0 saturated carbocycles. The van der Waals surface area contributed by atoms with E-state index < -0.39 is 0 Å². The van der Waals surface area contributed by atoms with Crippen LogP contribution in [0.5, 0.6) is 0 Å². The number of rotatable bonds is 0. The Morgan fingerprint density at radius 1 is 0.500 bits per heavy atom. The molecule has 3 heteroatoms. The molecule has 0 atom stereocenters. The molecule has 6 N–H and O–H groups in total. The van der Waals surface area contributed by atoms with Gasteiger partial charge in [0.1, 0.15) is 0 Å². The summed E-state index contributed by atoms with van der Waals surface area (Å²) >= 11 is 0. The topological polar surface area (TPSA) is 78.1 Å². The number of anilines is 3. The van der Waals surface area contributed by atoms with Crippen molar-refractivity contribution in [3.05, 3.63) is 88.5 Å². The highest BCUT2D eigenvalue weighted by Gasteiger charge is 1.92. The summed E-state index contributed by atoms with van der Waals surface area (Å²) in [5.41, 5.74) is 25.4. The standard InChI is InChI=1S/2C8H11N.C7H9N/c1-6-3-4-7(2)8(9)5-6;1-6-4-3-5-8(9)7(6)2;1-6-4-2-3-5-7(6)8/h2*3-5H,9H2,1-2H3;2-5H,8H2,1H3. The Labute approximate surface area is 157 Å². The summed E-state index contributed by atoms with van der Waals surface area (Å²) < 4.78 is 0. The van der Waals surface area contributed by atoms with Gasteiger partial charge in [0, 0.05) is 17.1 Å². The van der Waals surface area contributed by atoms with Gasteiger partial charge < -0.3 is 17.2 Å². The van der Waals surface area contributed by atoms with Crippen molar-refractivity contribution in [3.63, 3.8) is 0 Å². The van der Waals surface area contributed by atoms with Gasteiger partial charge in [-0.2, -0.15) is 0 Å². The quantitative estimate of drug-likeness (QED) is 0.479. The molecule has 0 unspecified atom stereocenters. The molecule has 3 aromatic rings. The second kappa shape index (κ2) is 10.1. The maximum absolute atomic E-state index is 5.62. The summed E-state index contributed by atoms with van der Waals surface area (Å²) in [6, 6.07) is 19.8. The number of hydrogen-bond acceptors (Lipinski definition) is 3. The second-order valence-electron chi connectivity index (χ2n) is 6.51. The van der Waals surface area contributed by atoms with Crippen molar-refractivity contribution < 1.29 is 0 Å². The third-order valence-electron chi connectivity index (χ3n) is 4.27. The molecule has 3 nitrogen and oxygen atoms in total. The lowest BCUT2D eigenvalue weighted by Crippen LogP contribution is -1.90. The van der Waals surface area contributed by atoms with E-state index in [-0.39, 0.29) is 0 Å². The molecule has 0 aromatic heterocycles. The number of nitrogens with two attached hydrogens (primary N) is 3. The fraction of sp³-hybridized carbons (Fsp3) is 0.217. The van der Waals surface area contributed by atoms with Crippen LogP contribution in [0.3, 0.4) is 0 Å². The Morgan fingerprint density at radius 3 is 1.46 bits per heavy atom. The number of nitrogen functional groups attached to an aromatic ring is 3. The first-order valence-electron chi connectivity index (χ1n) is 8.68. The maximum Gasteiger partial charge on any atom is 0.0346 e. The molecular weight excluding hydrogens is 318 g/mol. The molecule has 0 radical (unpaired) electrons. The lowest BCUT2D eigenvalue weighted by Gasteiger charge is -2.00. The molecule has 26 heavy (non-hydrogen) atoms. The molecule has 0 fully saturated rings. The number of benzene rings is 3. The molecule has 0 aliphatic carbocycles. The van der Waals surface area contributed by atoms with E-state index in [0.717, 1.165) is 28.2 Å². The van der Waals surface area contributed by atoms with Gasteiger partial charge in [-0.15, -0.1) is 0 Å². The van der Waals surface area contributed by atoms with Crippen LogP contribution in [0.4, 0.5) is 17.1 Å². The van der Waals surface area contributed by atoms with E-state index >= 15 is 0 Å². The highest BCUT2D eigenvalue weighted by atomic mass is 14.6. The van der Waals surface area contributed by atoms with Crippen LogP contribution in [-0.4, -0.2) is 0 Å². The number of aryl methyl sites for hydroxylation is 4. The molecule has 0 heterocycles. The van der Waals surface area contributed by atoms with Crippen LogP contribution < -0.4 is 17.2 Å². The molecule has 0 aliphatic rings. The van der Waals surface area contributed by atoms with Crippen LogP contribution in [0.15, 0.2) is 60.7 Å². The van der Waals surface area contributed by atoms with Crippen molar-refractivity contribution in [1.29, 1.82) is 0 Å². The minimum absolute atomic E-state index is 0.868. The lowest BCUT2D eigenvalue weighted by molar-refractivity contribution is 1.35. The number of para-hydroxylation sites is 1. The zero-order valence-electron chi connectivity index (χ0n) is 16.5. The summed E-state index contributed by atoms with van der Waals surface area (Å²) in [4.78, 5) is 0. The Balaban J connectivity index is 0.000000195. The minimum Gasteiger partial charge on any atom is -0.399 e. The smallest absolute Gasteiger partial charge is 0.0346 e. The Morgan fingerprint density at radius 2 is 1.04 bits per heavy atom. The average molecular weight is 350 g/mol. The molecule has 0 amide bonds. The molecular formula is C23H31N3. The molecule has 0 bridgehead atoms. The van der Waals surface area contributed by atoms with E-state index in [1.165, 1.54) is 16.7 Å². The van der Waals surface area contributed by atoms with Gasteiger partial charge in [0.15, 0.2) is 0 Å². The summed E-state index contributed by atoms with van der Waals surface area (Å²) in [6.07, 6.45) is 0. The highest BCUT2D eigenvalue weighted by molar-refractivity contribution is 5.49. The first-order valence-corrected chi connectivity index (χ1v) is 8.68. The van der Waals surface area contributed by atoms with Crippen LogP contribution >= 0.6 is 0 Å². The van der Waals surface area contributed by atoms with Crippen molar-refractivity contribution in [1.82, 2.24) is 0 Å². The molecule has 3 rings (SSSR count). The zero-order chi connectivity index (χ0) is 19.7. The SMILES string of the molecule is Cc1ccc(C)c(N)c1.Cc1cccc(N)c1C.Cc1ccccc1N. The first-order chi connectivity index (χ1) is 12.2. The van der Waals surface area contributed by atoms with Gasteiger partial charge in [0.05, 0.1) is 0 Å². The molecule has 0 saturated heterocycles. The van der Waals surface area contributed by atoms with E-state index in [1.807, 2.05) is 76.2 Å². The van der Waals surface area contributed by atoms with Crippen LogP contribution in [0.25, 0.3) is 0 Å². The molecule has 0 aliphatic heterocycles. The monoisotopic (exact) mass is 349 g/mol. The Kier molecular flexibility index (Phi) is 8.23. The maximum atomic E-state index is 5.62. The zero-order valence-corrected chi connectivity index (χ0v) is 16.5. The van der Waals surface area contributed by atoms with Crippen LogP contribution in [0.2, 0.25) is 0 Å². The Hall–Kier alpha value is -2.94. The number of hydrogen-bond donors (Lipinski definition) is 3. The second-order valence-corrected chi connectivity index (χ2v) is 6.51. The largest absolute Gasteiger partial charge is 0.399 e. The highest BCUT2D eigenvalue weighted by Crippen LogP contribution is 2.13. The van der Waals surface area contributed by atoms with Gasteiger partial charge in [-0.05, 0) is 80.6 Å².